The third kappa shape index (κ3) is 3.99. The first-order valence-corrected chi connectivity index (χ1v) is 9.10. The Bertz CT molecular complexity index is 1100. The van der Waals surface area contributed by atoms with Gasteiger partial charge < -0.3 is 10.2 Å². The number of carbonyl (C=O) groups is 2. The number of hydrogen-bond acceptors (Lipinski definition) is 3. The van der Waals surface area contributed by atoms with E-state index in [0.717, 1.165) is 24.1 Å². The smallest absolute Gasteiger partial charge is 0.274 e. The molecular weight excluding hydrogens is 376 g/mol. The van der Waals surface area contributed by atoms with Gasteiger partial charge in [-0.15, -0.1) is 0 Å². The number of hydrogen-bond donors (Lipinski definition) is 1. The molecule has 4 rings (SSSR count). The second-order valence-electron chi connectivity index (χ2n) is 6.76. The molecule has 1 aliphatic heterocycles. The van der Waals surface area contributed by atoms with Gasteiger partial charge in [0.15, 0.2) is 11.6 Å². The maximum atomic E-state index is 13.3. The van der Waals surface area contributed by atoms with Gasteiger partial charge in [0.05, 0.1) is 0 Å². The summed E-state index contributed by atoms with van der Waals surface area (Å²) < 4.78 is 26.3. The lowest BCUT2D eigenvalue weighted by Crippen LogP contribution is -2.36. The number of benzene rings is 2. The van der Waals surface area contributed by atoms with Crippen LogP contribution in [0.25, 0.3) is 0 Å². The van der Waals surface area contributed by atoms with Crippen LogP contribution in [0.4, 0.5) is 14.5 Å². The van der Waals surface area contributed by atoms with Gasteiger partial charge in [0.25, 0.3) is 11.8 Å². The van der Waals surface area contributed by atoms with Gasteiger partial charge >= 0.3 is 0 Å². The third-order valence-corrected chi connectivity index (χ3v) is 4.83. The third-order valence-electron chi connectivity index (χ3n) is 4.83. The van der Waals surface area contributed by atoms with E-state index in [-0.39, 0.29) is 17.3 Å². The Hall–Kier alpha value is -3.61. The zero-order valence-corrected chi connectivity index (χ0v) is 15.4. The zero-order valence-electron chi connectivity index (χ0n) is 15.4. The topological polar surface area (TPSA) is 62.3 Å². The van der Waals surface area contributed by atoms with Crippen molar-refractivity contribution < 1.29 is 18.4 Å². The maximum Gasteiger partial charge on any atom is 0.274 e. The summed E-state index contributed by atoms with van der Waals surface area (Å²) in [7, 11) is 0. The predicted molar refractivity (Wildman–Crippen MR) is 103 cm³/mol. The van der Waals surface area contributed by atoms with Crippen molar-refractivity contribution in [3.05, 3.63) is 94.8 Å². The fraction of sp³-hybridized carbons (Fsp3) is 0.136. The molecule has 0 fully saturated rings. The molecule has 0 saturated heterocycles. The van der Waals surface area contributed by atoms with E-state index in [0.29, 0.717) is 18.7 Å². The minimum atomic E-state index is -1.06. The Balaban J connectivity index is 1.50. The quantitative estimate of drug-likeness (QED) is 0.736. The molecule has 1 aliphatic rings. The molecule has 1 N–H and O–H groups in total. The van der Waals surface area contributed by atoms with Crippen molar-refractivity contribution in [1.29, 1.82) is 0 Å². The van der Waals surface area contributed by atoms with Crippen LogP contribution in [0.3, 0.4) is 0 Å². The molecule has 0 saturated carbocycles. The van der Waals surface area contributed by atoms with E-state index < -0.39 is 17.5 Å². The van der Waals surface area contributed by atoms with Crippen LogP contribution in [0, 0.1) is 11.6 Å². The molecule has 5 nitrogen and oxygen atoms in total. The Labute approximate surface area is 166 Å². The van der Waals surface area contributed by atoms with E-state index in [1.165, 1.54) is 23.9 Å². The van der Waals surface area contributed by atoms with Gasteiger partial charge in [-0.1, -0.05) is 24.3 Å². The molecule has 29 heavy (non-hydrogen) atoms. The second kappa shape index (κ2) is 7.79. The summed E-state index contributed by atoms with van der Waals surface area (Å²) in [5.41, 5.74) is 2.79. The lowest BCUT2D eigenvalue weighted by Gasteiger charge is -2.29. The molecule has 0 bridgehead atoms. The number of amides is 2. The standard InChI is InChI=1S/C22H17F2N3O2/c23-18-6-5-17(12-19(18)24)26-21(28)20-11-15(7-9-25-20)22(29)27-10-8-14-3-1-2-4-16(14)13-27/h1-7,9,11-12H,8,10,13H2,(H,26,28). The molecule has 3 aromatic rings. The molecule has 0 atom stereocenters. The minimum absolute atomic E-state index is 0.0120. The molecule has 7 heteroatoms. The molecule has 0 unspecified atom stereocenters. The summed E-state index contributed by atoms with van der Waals surface area (Å²) in [5, 5.41) is 2.45. The molecular formula is C22H17F2N3O2. The number of rotatable bonds is 3. The molecule has 2 amide bonds. The Morgan fingerprint density at radius 1 is 0.966 bits per heavy atom. The average molecular weight is 393 g/mol. The van der Waals surface area contributed by atoms with Gasteiger partial charge in [0.1, 0.15) is 5.69 Å². The van der Waals surface area contributed by atoms with Crippen LogP contribution in [0.1, 0.15) is 32.0 Å². The summed E-state index contributed by atoms with van der Waals surface area (Å²) >= 11 is 0. The Kier molecular flexibility index (Phi) is 5.03. The average Bonchev–Trinajstić information content (AvgIpc) is 2.75. The lowest BCUT2D eigenvalue weighted by molar-refractivity contribution is 0.0734. The highest BCUT2D eigenvalue weighted by Gasteiger charge is 2.22. The first-order chi connectivity index (χ1) is 14.0. The first kappa shape index (κ1) is 18.7. The summed E-state index contributed by atoms with van der Waals surface area (Å²) in [4.78, 5) is 31.0. The van der Waals surface area contributed by atoms with Crippen LogP contribution in [-0.4, -0.2) is 28.2 Å². The predicted octanol–water partition coefficient (Wildman–Crippen LogP) is 3.81. The highest BCUT2D eigenvalue weighted by atomic mass is 19.2. The monoisotopic (exact) mass is 393 g/mol. The number of anilines is 1. The number of carbonyl (C=O) groups excluding carboxylic acids is 2. The van der Waals surface area contributed by atoms with Crippen molar-refractivity contribution in [2.24, 2.45) is 0 Å². The Morgan fingerprint density at radius 3 is 2.55 bits per heavy atom. The van der Waals surface area contributed by atoms with Crippen LogP contribution < -0.4 is 5.32 Å². The van der Waals surface area contributed by atoms with E-state index in [4.69, 9.17) is 0 Å². The second-order valence-corrected chi connectivity index (χ2v) is 6.76. The van der Waals surface area contributed by atoms with Crippen molar-refractivity contribution in [2.45, 2.75) is 13.0 Å². The number of nitrogens with zero attached hydrogens (tertiary/aromatic N) is 2. The molecule has 0 radical (unpaired) electrons. The van der Waals surface area contributed by atoms with Crippen molar-refractivity contribution in [2.75, 3.05) is 11.9 Å². The van der Waals surface area contributed by atoms with Gasteiger partial charge in [-0.05, 0) is 41.8 Å². The molecule has 1 aromatic heterocycles. The number of halogens is 2. The van der Waals surface area contributed by atoms with E-state index in [1.54, 1.807) is 11.0 Å². The van der Waals surface area contributed by atoms with Gasteiger partial charge in [-0.2, -0.15) is 0 Å². The summed E-state index contributed by atoms with van der Waals surface area (Å²) in [6, 6.07) is 14.0. The van der Waals surface area contributed by atoms with E-state index >= 15 is 0 Å². The normalized spacial score (nSPS) is 13.0. The first-order valence-electron chi connectivity index (χ1n) is 9.10. The number of pyridine rings is 1. The van der Waals surface area contributed by atoms with Crippen molar-refractivity contribution >= 4 is 17.5 Å². The van der Waals surface area contributed by atoms with E-state index in [2.05, 4.69) is 16.4 Å². The van der Waals surface area contributed by atoms with Crippen LogP contribution in [0.2, 0.25) is 0 Å². The van der Waals surface area contributed by atoms with Crippen molar-refractivity contribution in [3.63, 3.8) is 0 Å². The molecule has 0 spiro atoms. The minimum Gasteiger partial charge on any atom is -0.334 e. The molecule has 146 valence electrons. The summed E-state index contributed by atoms with van der Waals surface area (Å²) in [6.07, 6.45) is 2.15. The van der Waals surface area contributed by atoms with Crippen LogP contribution in [0.15, 0.2) is 60.8 Å². The largest absolute Gasteiger partial charge is 0.334 e. The van der Waals surface area contributed by atoms with Gasteiger partial charge in [0.2, 0.25) is 0 Å². The highest BCUT2D eigenvalue weighted by molar-refractivity contribution is 6.04. The number of aromatic nitrogens is 1. The zero-order chi connectivity index (χ0) is 20.4. The fourth-order valence-electron chi connectivity index (χ4n) is 3.31. The highest BCUT2D eigenvalue weighted by Crippen LogP contribution is 2.21. The van der Waals surface area contributed by atoms with Gasteiger partial charge in [-0.3, -0.25) is 14.6 Å². The summed E-state index contributed by atoms with van der Waals surface area (Å²) in [5.74, 6) is -2.87. The molecule has 2 aromatic carbocycles. The summed E-state index contributed by atoms with van der Waals surface area (Å²) in [6.45, 7) is 1.10. The van der Waals surface area contributed by atoms with Crippen molar-refractivity contribution in [3.8, 4) is 0 Å². The van der Waals surface area contributed by atoms with E-state index in [1.807, 2.05) is 18.2 Å². The molecule has 0 aliphatic carbocycles. The Morgan fingerprint density at radius 2 is 1.76 bits per heavy atom. The fourth-order valence-corrected chi connectivity index (χ4v) is 3.31. The van der Waals surface area contributed by atoms with Gasteiger partial charge in [0, 0.05) is 36.6 Å². The van der Waals surface area contributed by atoms with Gasteiger partial charge in [-0.25, -0.2) is 8.78 Å². The number of nitrogens with one attached hydrogen (secondary N) is 1. The van der Waals surface area contributed by atoms with Crippen LogP contribution in [-0.2, 0) is 13.0 Å². The van der Waals surface area contributed by atoms with Crippen LogP contribution >= 0.6 is 0 Å². The van der Waals surface area contributed by atoms with E-state index in [9.17, 15) is 18.4 Å². The lowest BCUT2D eigenvalue weighted by atomic mass is 9.99. The molecule has 2 heterocycles. The van der Waals surface area contributed by atoms with Crippen LogP contribution in [0.5, 0.6) is 0 Å². The van der Waals surface area contributed by atoms with Crippen molar-refractivity contribution in [1.82, 2.24) is 9.88 Å². The maximum absolute atomic E-state index is 13.3. The SMILES string of the molecule is O=C(Nc1ccc(F)c(F)c1)c1cc(C(=O)N2CCc3ccccc3C2)ccn1. The number of fused-ring (bicyclic) bond motifs is 1.